The van der Waals surface area contributed by atoms with Gasteiger partial charge < -0.3 is 10.1 Å². The van der Waals surface area contributed by atoms with Gasteiger partial charge in [-0.1, -0.05) is 11.6 Å². The number of nitrogens with zero attached hydrogens (tertiary/aromatic N) is 2. The normalized spacial score (nSPS) is 13.8. The number of hydrogen-bond acceptors (Lipinski definition) is 5. The summed E-state index contributed by atoms with van der Waals surface area (Å²) in [6, 6.07) is 4.46. The van der Waals surface area contributed by atoms with E-state index in [1.165, 1.54) is 24.5 Å². The van der Waals surface area contributed by atoms with Gasteiger partial charge in [0.2, 0.25) is 5.88 Å². The zero-order chi connectivity index (χ0) is 21.0. The number of aromatic nitrogens is 2. The van der Waals surface area contributed by atoms with Crippen molar-refractivity contribution < 1.29 is 27.5 Å². The van der Waals surface area contributed by atoms with Crippen LogP contribution in [0, 0.1) is 5.92 Å². The average Bonchev–Trinajstić information content (AvgIpc) is 3.50. The molecule has 1 fully saturated rings. The van der Waals surface area contributed by atoms with Crippen molar-refractivity contribution in [2.75, 3.05) is 6.61 Å². The highest BCUT2D eigenvalue weighted by molar-refractivity contribution is 6.31. The summed E-state index contributed by atoms with van der Waals surface area (Å²) in [5.74, 6) is -0.475. The third-order valence-corrected chi connectivity index (χ3v) is 4.43. The lowest BCUT2D eigenvalue weighted by Gasteiger charge is -2.11. The van der Waals surface area contributed by atoms with Crippen LogP contribution in [0.4, 0.5) is 13.2 Å². The fourth-order valence-corrected chi connectivity index (χ4v) is 2.79. The number of ketones is 1. The largest absolute Gasteiger partial charge is 0.467 e. The minimum atomic E-state index is -4.50. The van der Waals surface area contributed by atoms with Gasteiger partial charge in [-0.3, -0.25) is 14.6 Å². The van der Waals surface area contributed by atoms with E-state index in [1.54, 1.807) is 6.07 Å². The van der Waals surface area contributed by atoms with Crippen molar-refractivity contribution in [2.45, 2.75) is 32.0 Å². The molecule has 2 aromatic heterocycles. The zero-order valence-electron chi connectivity index (χ0n) is 15.1. The lowest BCUT2D eigenvalue weighted by Crippen LogP contribution is -2.23. The van der Waals surface area contributed by atoms with Crippen molar-refractivity contribution in [1.29, 1.82) is 0 Å². The first kappa shape index (κ1) is 21.0. The Balaban J connectivity index is 1.56. The minimum Gasteiger partial charge on any atom is -0.467 e. The standard InChI is InChI=1S/C19H17ClF3N3O3/c20-15-5-11(9-26-18(15)29-10-19(21,22)23)8-25-17(28)13-3-4-24-14(6-13)7-16(27)12-1-2-12/h3-6,9,12H,1-2,7-8,10H2,(H,25,28). The van der Waals surface area contributed by atoms with Crippen molar-refractivity contribution in [1.82, 2.24) is 15.3 Å². The number of alkyl halides is 3. The molecule has 0 unspecified atom stereocenters. The van der Waals surface area contributed by atoms with Gasteiger partial charge >= 0.3 is 6.18 Å². The Hall–Kier alpha value is -2.68. The number of amides is 1. The first-order valence-corrected chi connectivity index (χ1v) is 9.19. The highest BCUT2D eigenvalue weighted by Crippen LogP contribution is 2.30. The number of rotatable bonds is 8. The lowest BCUT2D eigenvalue weighted by molar-refractivity contribution is -0.154. The minimum absolute atomic E-state index is 0.0593. The maximum atomic E-state index is 12.3. The maximum Gasteiger partial charge on any atom is 0.422 e. The second kappa shape index (κ2) is 8.77. The molecule has 1 aliphatic carbocycles. The second-order valence-electron chi connectivity index (χ2n) is 6.67. The molecule has 3 rings (SSSR count). The Morgan fingerprint density at radius 3 is 2.66 bits per heavy atom. The van der Waals surface area contributed by atoms with Gasteiger partial charge in [0.1, 0.15) is 10.8 Å². The van der Waals surface area contributed by atoms with E-state index in [1.807, 2.05) is 0 Å². The van der Waals surface area contributed by atoms with Crippen LogP contribution in [0.2, 0.25) is 5.02 Å². The number of hydrogen-bond donors (Lipinski definition) is 1. The van der Waals surface area contributed by atoms with Crippen LogP contribution in [0.25, 0.3) is 0 Å². The molecule has 0 atom stereocenters. The van der Waals surface area contributed by atoms with Gasteiger partial charge in [0.15, 0.2) is 6.61 Å². The fourth-order valence-electron chi connectivity index (χ4n) is 2.55. The van der Waals surface area contributed by atoms with E-state index in [-0.39, 0.29) is 41.5 Å². The van der Waals surface area contributed by atoms with Crippen LogP contribution in [0.3, 0.4) is 0 Å². The highest BCUT2D eigenvalue weighted by Gasteiger charge is 2.30. The molecule has 1 saturated carbocycles. The van der Waals surface area contributed by atoms with Crippen LogP contribution in [0.5, 0.6) is 5.88 Å². The Bertz CT molecular complexity index is 917. The molecule has 0 aliphatic heterocycles. The molecule has 0 radical (unpaired) electrons. The van der Waals surface area contributed by atoms with Crippen LogP contribution >= 0.6 is 11.6 Å². The molecular weight excluding hydrogens is 411 g/mol. The van der Waals surface area contributed by atoms with Crippen LogP contribution in [-0.4, -0.2) is 34.4 Å². The first-order valence-electron chi connectivity index (χ1n) is 8.81. The predicted octanol–water partition coefficient (Wildman–Crippen LogP) is 3.52. The van der Waals surface area contributed by atoms with Gasteiger partial charge in [0, 0.05) is 42.5 Å². The third kappa shape index (κ3) is 6.42. The van der Waals surface area contributed by atoms with Crippen LogP contribution in [-0.2, 0) is 17.8 Å². The first-order chi connectivity index (χ1) is 13.7. The number of carbonyl (C=O) groups excluding carboxylic acids is 2. The highest BCUT2D eigenvalue weighted by atomic mass is 35.5. The van der Waals surface area contributed by atoms with Gasteiger partial charge in [-0.2, -0.15) is 13.2 Å². The van der Waals surface area contributed by atoms with Gasteiger partial charge in [-0.15, -0.1) is 0 Å². The number of carbonyl (C=O) groups is 2. The van der Waals surface area contributed by atoms with E-state index in [2.05, 4.69) is 20.0 Å². The summed E-state index contributed by atoms with van der Waals surface area (Å²) in [5, 5.41) is 2.57. The van der Waals surface area contributed by atoms with Gasteiger partial charge in [-0.05, 0) is 36.6 Å². The summed E-state index contributed by atoms with van der Waals surface area (Å²) in [4.78, 5) is 32.1. The summed E-state index contributed by atoms with van der Waals surface area (Å²) in [7, 11) is 0. The number of nitrogens with one attached hydrogen (secondary N) is 1. The topological polar surface area (TPSA) is 81.2 Å². The van der Waals surface area contributed by atoms with Crippen LogP contribution in [0.1, 0.15) is 34.5 Å². The van der Waals surface area contributed by atoms with E-state index in [9.17, 15) is 22.8 Å². The van der Waals surface area contributed by atoms with Gasteiger partial charge in [-0.25, -0.2) is 4.98 Å². The van der Waals surface area contributed by atoms with Crippen molar-refractivity contribution in [3.05, 3.63) is 52.4 Å². The molecule has 2 aromatic rings. The molecule has 1 N–H and O–H groups in total. The Morgan fingerprint density at radius 2 is 2.00 bits per heavy atom. The molecule has 29 heavy (non-hydrogen) atoms. The van der Waals surface area contributed by atoms with Crippen molar-refractivity contribution in [3.8, 4) is 5.88 Å². The molecule has 6 nitrogen and oxygen atoms in total. The summed E-state index contributed by atoms with van der Waals surface area (Å²) in [6.07, 6.45) is 0.264. The summed E-state index contributed by atoms with van der Waals surface area (Å²) in [5.41, 5.74) is 1.37. The summed E-state index contributed by atoms with van der Waals surface area (Å²) < 4.78 is 41.1. The van der Waals surface area contributed by atoms with Crippen molar-refractivity contribution in [2.24, 2.45) is 5.92 Å². The average molecular weight is 428 g/mol. The SMILES string of the molecule is O=C(NCc1cnc(OCC(F)(F)F)c(Cl)c1)c1ccnc(CC(=O)C2CC2)c1. The lowest BCUT2D eigenvalue weighted by atomic mass is 10.1. The Labute approximate surface area is 169 Å². The molecule has 0 saturated heterocycles. The molecule has 154 valence electrons. The van der Waals surface area contributed by atoms with E-state index in [0.29, 0.717) is 16.8 Å². The van der Waals surface area contributed by atoms with E-state index < -0.39 is 12.8 Å². The second-order valence-corrected chi connectivity index (χ2v) is 7.08. The van der Waals surface area contributed by atoms with Crippen LogP contribution < -0.4 is 10.1 Å². The number of ether oxygens (including phenoxy) is 1. The summed E-state index contributed by atoms with van der Waals surface area (Å²) >= 11 is 5.88. The Kier molecular flexibility index (Phi) is 6.36. The zero-order valence-corrected chi connectivity index (χ0v) is 15.9. The van der Waals surface area contributed by atoms with E-state index in [4.69, 9.17) is 11.6 Å². The number of pyridine rings is 2. The predicted molar refractivity (Wildman–Crippen MR) is 97.6 cm³/mol. The molecule has 10 heteroatoms. The molecule has 1 amide bonds. The van der Waals surface area contributed by atoms with E-state index in [0.717, 1.165) is 12.8 Å². The van der Waals surface area contributed by atoms with Crippen LogP contribution in [0.15, 0.2) is 30.6 Å². The van der Waals surface area contributed by atoms with Crippen molar-refractivity contribution >= 4 is 23.3 Å². The number of halogens is 4. The third-order valence-electron chi connectivity index (χ3n) is 4.16. The molecule has 2 heterocycles. The van der Waals surface area contributed by atoms with Gasteiger partial charge in [0.25, 0.3) is 5.91 Å². The molecule has 0 bridgehead atoms. The van der Waals surface area contributed by atoms with E-state index >= 15 is 0 Å². The molecule has 1 aliphatic rings. The molecule has 0 spiro atoms. The smallest absolute Gasteiger partial charge is 0.422 e. The Morgan fingerprint density at radius 1 is 1.24 bits per heavy atom. The monoisotopic (exact) mass is 427 g/mol. The summed E-state index contributed by atoms with van der Waals surface area (Å²) in [6.45, 7) is -1.44. The molecular formula is C19H17ClF3N3O3. The maximum absolute atomic E-state index is 12.3. The fraction of sp³-hybridized carbons (Fsp3) is 0.368. The van der Waals surface area contributed by atoms with Gasteiger partial charge in [0.05, 0.1) is 0 Å². The molecule has 0 aromatic carbocycles. The van der Waals surface area contributed by atoms with Crippen molar-refractivity contribution in [3.63, 3.8) is 0 Å². The number of Topliss-reactive ketones (excluding diaryl/α,β-unsaturated/α-hetero) is 1. The quantitative estimate of drug-likeness (QED) is 0.697.